The Balaban J connectivity index is 2.00. The lowest BCUT2D eigenvalue weighted by Gasteiger charge is -2.24. The first-order valence-corrected chi connectivity index (χ1v) is 12.5. The average molecular weight is 424 g/mol. The highest BCUT2D eigenvalue weighted by Crippen LogP contribution is 2.27. The topological polar surface area (TPSA) is 46.9 Å². The van der Waals surface area contributed by atoms with Crippen molar-refractivity contribution in [2.45, 2.75) is 111 Å². The number of aryl methyl sites for hydroxylation is 3. The number of hydrogen-bond donors (Lipinski definition) is 1. The van der Waals surface area contributed by atoms with Gasteiger partial charge in [0, 0.05) is 12.5 Å². The standard InChI is InChI=1S/C27H41N3O/c1-5-7-14-24-26(25(31)15-8-6-2)30(19-22-17-16-20(3)21(4)18-22)27(29-24)28-23-12-10-9-11-13-23/h16-18,23H,5-15,19H2,1-4H3,(H,28,29). The summed E-state index contributed by atoms with van der Waals surface area (Å²) in [5, 5.41) is 3.74. The molecule has 1 aliphatic rings. The van der Waals surface area contributed by atoms with Crippen molar-refractivity contribution in [2.75, 3.05) is 5.32 Å². The van der Waals surface area contributed by atoms with Crippen LogP contribution in [-0.2, 0) is 13.0 Å². The van der Waals surface area contributed by atoms with E-state index in [4.69, 9.17) is 4.98 Å². The zero-order chi connectivity index (χ0) is 22.2. The van der Waals surface area contributed by atoms with Crippen LogP contribution < -0.4 is 5.32 Å². The number of hydrogen-bond acceptors (Lipinski definition) is 3. The fraction of sp³-hybridized carbons (Fsp3) is 0.630. The maximum atomic E-state index is 13.3. The zero-order valence-electron chi connectivity index (χ0n) is 20.1. The van der Waals surface area contributed by atoms with Crippen molar-refractivity contribution in [3.05, 3.63) is 46.3 Å². The Kier molecular flexibility index (Phi) is 8.74. The van der Waals surface area contributed by atoms with Crippen molar-refractivity contribution >= 4 is 11.7 Å². The molecule has 0 radical (unpaired) electrons. The summed E-state index contributed by atoms with van der Waals surface area (Å²) in [7, 11) is 0. The largest absolute Gasteiger partial charge is 0.353 e. The van der Waals surface area contributed by atoms with Crippen molar-refractivity contribution in [1.29, 1.82) is 0 Å². The van der Waals surface area contributed by atoms with Crippen molar-refractivity contribution in [2.24, 2.45) is 0 Å². The lowest BCUT2D eigenvalue weighted by atomic mass is 9.96. The van der Waals surface area contributed by atoms with E-state index < -0.39 is 0 Å². The molecule has 0 atom stereocenters. The number of imidazole rings is 1. The molecule has 0 aliphatic heterocycles. The Morgan fingerprint density at radius 2 is 1.81 bits per heavy atom. The minimum Gasteiger partial charge on any atom is -0.353 e. The molecule has 1 heterocycles. The molecule has 0 saturated heterocycles. The molecule has 1 saturated carbocycles. The second kappa shape index (κ2) is 11.5. The predicted octanol–water partition coefficient (Wildman–Crippen LogP) is 7.01. The van der Waals surface area contributed by atoms with Crippen LogP contribution in [-0.4, -0.2) is 21.4 Å². The number of rotatable bonds is 11. The average Bonchev–Trinajstić information content (AvgIpc) is 3.10. The lowest BCUT2D eigenvalue weighted by molar-refractivity contribution is 0.0970. The number of nitrogens with one attached hydrogen (secondary N) is 1. The molecule has 1 aromatic carbocycles. The second-order valence-corrected chi connectivity index (χ2v) is 9.35. The third kappa shape index (κ3) is 6.21. The Hall–Kier alpha value is -2.10. The number of anilines is 1. The van der Waals surface area contributed by atoms with Crippen LogP contribution in [0.25, 0.3) is 0 Å². The fourth-order valence-electron chi connectivity index (χ4n) is 4.57. The van der Waals surface area contributed by atoms with Crippen molar-refractivity contribution in [3.63, 3.8) is 0 Å². The van der Waals surface area contributed by atoms with E-state index in [0.717, 1.165) is 49.4 Å². The first-order chi connectivity index (χ1) is 15.0. The van der Waals surface area contributed by atoms with Crippen LogP contribution in [0.4, 0.5) is 5.95 Å². The predicted molar refractivity (Wildman–Crippen MR) is 130 cm³/mol. The summed E-state index contributed by atoms with van der Waals surface area (Å²) in [6, 6.07) is 7.10. The number of nitrogens with zero attached hydrogens (tertiary/aromatic N) is 2. The van der Waals surface area contributed by atoms with Gasteiger partial charge in [-0.15, -0.1) is 0 Å². The molecule has 0 bridgehead atoms. The highest BCUT2D eigenvalue weighted by Gasteiger charge is 2.24. The molecule has 1 N–H and O–H groups in total. The van der Waals surface area contributed by atoms with E-state index in [1.807, 2.05) is 0 Å². The van der Waals surface area contributed by atoms with Crippen molar-refractivity contribution in [1.82, 2.24) is 9.55 Å². The van der Waals surface area contributed by atoms with E-state index in [-0.39, 0.29) is 5.78 Å². The van der Waals surface area contributed by atoms with Gasteiger partial charge in [-0.25, -0.2) is 4.98 Å². The van der Waals surface area contributed by atoms with Crippen LogP contribution in [0.15, 0.2) is 18.2 Å². The smallest absolute Gasteiger partial charge is 0.204 e. The van der Waals surface area contributed by atoms with Crippen LogP contribution in [0.3, 0.4) is 0 Å². The second-order valence-electron chi connectivity index (χ2n) is 9.35. The van der Waals surface area contributed by atoms with Gasteiger partial charge in [0.2, 0.25) is 5.95 Å². The van der Waals surface area contributed by atoms with Gasteiger partial charge in [0.05, 0.1) is 12.2 Å². The summed E-state index contributed by atoms with van der Waals surface area (Å²) in [6.07, 6.45) is 11.9. The number of carbonyl (C=O) groups excluding carboxylic acids is 1. The molecule has 31 heavy (non-hydrogen) atoms. The molecule has 3 rings (SSSR count). The highest BCUT2D eigenvalue weighted by atomic mass is 16.1. The number of Topliss-reactive ketones (excluding diaryl/α,β-unsaturated/α-hetero) is 1. The van der Waals surface area contributed by atoms with E-state index in [9.17, 15) is 4.79 Å². The number of unbranched alkanes of at least 4 members (excludes halogenated alkanes) is 2. The van der Waals surface area contributed by atoms with Crippen molar-refractivity contribution in [3.8, 4) is 0 Å². The Morgan fingerprint density at radius 3 is 2.48 bits per heavy atom. The molecular formula is C27H41N3O. The number of ketones is 1. The van der Waals surface area contributed by atoms with Crippen LogP contribution in [0.2, 0.25) is 0 Å². The van der Waals surface area contributed by atoms with Crippen molar-refractivity contribution < 1.29 is 4.79 Å². The summed E-state index contributed by atoms with van der Waals surface area (Å²) < 4.78 is 2.20. The van der Waals surface area contributed by atoms with Crippen LogP contribution in [0, 0.1) is 13.8 Å². The van der Waals surface area contributed by atoms with Gasteiger partial charge in [0.15, 0.2) is 5.78 Å². The summed E-state index contributed by atoms with van der Waals surface area (Å²) in [6.45, 7) is 9.35. The lowest BCUT2D eigenvalue weighted by Crippen LogP contribution is -2.25. The monoisotopic (exact) mass is 423 g/mol. The summed E-state index contributed by atoms with van der Waals surface area (Å²) in [5.41, 5.74) is 5.67. The van der Waals surface area contributed by atoms with E-state index in [2.05, 4.69) is 55.8 Å². The molecule has 2 aromatic rings. The molecule has 1 aliphatic carbocycles. The van der Waals surface area contributed by atoms with Gasteiger partial charge in [0.1, 0.15) is 5.69 Å². The molecule has 0 unspecified atom stereocenters. The number of benzene rings is 1. The minimum atomic E-state index is 0.251. The third-order valence-electron chi connectivity index (χ3n) is 6.68. The molecule has 0 amide bonds. The number of carbonyl (C=O) groups is 1. The van der Waals surface area contributed by atoms with Gasteiger partial charge in [-0.2, -0.15) is 0 Å². The molecule has 1 fully saturated rings. The van der Waals surface area contributed by atoms with E-state index in [1.165, 1.54) is 48.8 Å². The first kappa shape index (κ1) is 23.6. The molecule has 1 aromatic heterocycles. The molecule has 170 valence electrons. The van der Waals surface area contributed by atoms with E-state index in [1.54, 1.807) is 0 Å². The summed E-state index contributed by atoms with van der Waals surface area (Å²) >= 11 is 0. The Labute approximate surface area is 188 Å². The Morgan fingerprint density at radius 1 is 1.06 bits per heavy atom. The van der Waals surface area contributed by atoms with Gasteiger partial charge in [-0.3, -0.25) is 4.79 Å². The van der Waals surface area contributed by atoms with Gasteiger partial charge in [-0.05, 0) is 62.6 Å². The van der Waals surface area contributed by atoms with E-state index in [0.29, 0.717) is 19.0 Å². The fourth-order valence-corrected chi connectivity index (χ4v) is 4.57. The normalized spacial score (nSPS) is 14.7. The first-order valence-electron chi connectivity index (χ1n) is 12.5. The summed E-state index contributed by atoms with van der Waals surface area (Å²) in [4.78, 5) is 18.4. The Bertz CT molecular complexity index is 862. The number of aromatic nitrogens is 2. The van der Waals surface area contributed by atoms with Gasteiger partial charge >= 0.3 is 0 Å². The van der Waals surface area contributed by atoms with Crippen LogP contribution in [0.1, 0.15) is 111 Å². The molecule has 4 heteroatoms. The molecule has 0 spiro atoms. The van der Waals surface area contributed by atoms with Crippen LogP contribution in [0.5, 0.6) is 0 Å². The third-order valence-corrected chi connectivity index (χ3v) is 6.68. The maximum Gasteiger partial charge on any atom is 0.204 e. The molecule has 4 nitrogen and oxygen atoms in total. The van der Waals surface area contributed by atoms with E-state index >= 15 is 0 Å². The zero-order valence-corrected chi connectivity index (χ0v) is 20.1. The minimum absolute atomic E-state index is 0.251. The maximum absolute atomic E-state index is 13.3. The van der Waals surface area contributed by atoms with Gasteiger partial charge < -0.3 is 9.88 Å². The quantitative estimate of drug-likeness (QED) is 0.395. The van der Waals surface area contributed by atoms with Crippen LogP contribution >= 0.6 is 0 Å². The van der Waals surface area contributed by atoms with Gasteiger partial charge in [0.25, 0.3) is 0 Å². The van der Waals surface area contributed by atoms with Gasteiger partial charge in [-0.1, -0.05) is 64.2 Å². The highest BCUT2D eigenvalue weighted by molar-refractivity contribution is 5.96. The summed E-state index contributed by atoms with van der Waals surface area (Å²) in [5.74, 6) is 1.15. The SMILES string of the molecule is CCCCC(=O)c1c(CCCC)nc(NC2CCCCC2)n1Cc1ccc(C)c(C)c1. The molecular weight excluding hydrogens is 382 g/mol.